The van der Waals surface area contributed by atoms with Gasteiger partial charge in [0.15, 0.2) is 29.0 Å². The van der Waals surface area contributed by atoms with E-state index in [4.69, 9.17) is 13.1 Å². The second-order valence-corrected chi connectivity index (χ2v) is 12.1. The third-order valence-corrected chi connectivity index (χ3v) is 9.24. The summed E-state index contributed by atoms with van der Waals surface area (Å²) in [6.07, 6.45) is 0. The predicted molar refractivity (Wildman–Crippen MR) is 189 cm³/mol. The van der Waals surface area contributed by atoms with Crippen LogP contribution >= 0.6 is 0 Å². The van der Waals surface area contributed by atoms with E-state index in [0.717, 1.165) is 12.1 Å². The molecule has 0 saturated heterocycles. The highest BCUT2D eigenvalue weighted by Gasteiger charge is 2.40. The van der Waals surface area contributed by atoms with Crippen LogP contribution in [0.2, 0.25) is 0 Å². The molecule has 0 amide bonds. The third-order valence-electron chi connectivity index (χ3n) is 9.24. The second-order valence-electron chi connectivity index (χ2n) is 12.1. The summed E-state index contributed by atoms with van der Waals surface area (Å²) in [5.74, 6) is -16.8. The maximum Gasteiger partial charge on any atom is 0.252 e. The fourth-order valence-corrected chi connectivity index (χ4v) is 6.82. The highest BCUT2D eigenvalue weighted by molar-refractivity contribution is 6.34. The molecule has 3 aromatic carbocycles. The highest BCUT2D eigenvalue weighted by atomic mass is 19.2. The fraction of sp³-hybridized carbons (Fsp3) is 0. The van der Waals surface area contributed by atoms with Crippen molar-refractivity contribution in [1.29, 1.82) is 21.0 Å². The summed E-state index contributed by atoms with van der Waals surface area (Å²) < 4.78 is 120. The van der Waals surface area contributed by atoms with Crippen molar-refractivity contribution in [2.75, 3.05) is 0 Å². The molecular formula is C42H10F8N8. The van der Waals surface area contributed by atoms with Crippen molar-refractivity contribution in [3.8, 4) is 24.3 Å². The van der Waals surface area contributed by atoms with Crippen molar-refractivity contribution >= 4 is 50.4 Å². The smallest absolute Gasteiger partial charge is 0.238 e. The van der Waals surface area contributed by atoms with Crippen LogP contribution in [0.15, 0.2) is 60.7 Å². The van der Waals surface area contributed by atoms with E-state index in [1.165, 1.54) is 48.5 Å². The lowest BCUT2D eigenvalue weighted by Crippen LogP contribution is -2.07. The van der Waals surface area contributed by atoms with Gasteiger partial charge in [-0.3, -0.25) is 0 Å². The van der Waals surface area contributed by atoms with Crippen molar-refractivity contribution in [3.05, 3.63) is 181 Å². The van der Waals surface area contributed by atoms with Crippen LogP contribution in [0.4, 0.5) is 40.8 Å². The minimum Gasteiger partial charge on any atom is -0.238 e. The minimum absolute atomic E-state index is 0.0339. The van der Waals surface area contributed by atoms with Crippen LogP contribution in [0, 0.1) is 106 Å². The molecule has 0 saturated carbocycles. The lowest BCUT2D eigenvalue weighted by atomic mass is 9.88. The van der Waals surface area contributed by atoms with E-state index >= 15 is 17.6 Å². The molecule has 0 aliphatic heterocycles. The van der Waals surface area contributed by atoms with Crippen LogP contribution in [-0.2, 0) is 0 Å². The number of benzene rings is 3. The number of nitrogens with zero attached hydrogens (tertiary/aromatic N) is 8. The first-order valence-corrected chi connectivity index (χ1v) is 16.0. The number of pyridine rings is 2. The Bertz CT molecular complexity index is 2870. The van der Waals surface area contributed by atoms with Gasteiger partial charge >= 0.3 is 0 Å². The number of hydrogen-bond acceptors (Lipinski definition) is 6. The van der Waals surface area contributed by atoms with Gasteiger partial charge in [-0.25, -0.2) is 27.3 Å². The normalized spacial score (nSPS) is 14.4. The van der Waals surface area contributed by atoms with Crippen molar-refractivity contribution in [1.82, 2.24) is 9.97 Å². The molecule has 0 unspecified atom stereocenters. The third kappa shape index (κ3) is 5.54. The Kier molecular flexibility index (Phi) is 9.19. The topological polar surface area (TPSA) is 130 Å². The number of rotatable bonds is 4. The average molecular weight is 779 g/mol. The molecule has 2 aromatic heterocycles. The average Bonchev–Trinajstić information content (AvgIpc) is 3.72. The van der Waals surface area contributed by atoms with Gasteiger partial charge in [-0.2, -0.15) is 48.6 Å². The van der Waals surface area contributed by atoms with E-state index in [1.807, 2.05) is 18.2 Å². The Morgan fingerprint density at radius 2 is 0.966 bits per heavy atom. The summed E-state index contributed by atoms with van der Waals surface area (Å²) in [4.78, 5) is 11.6. The first kappa shape index (κ1) is 37.6. The number of fused-ring (bicyclic) bond motifs is 2. The Balaban J connectivity index is 1.70. The quantitative estimate of drug-likeness (QED) is 0.0773. The molecule has 0 N–H and O–H groups in total. The van der Waals surface area contributed by atoms with Crippen LogP contribution in [-0.4, -0.2) is 9.97 Å². The molecule has 8 nitrogen and oxygen atoms in total. The van der Waals surface area contributed by atoms with Crippen molar-refractivity contribution in [2.24, 2.45) is 0 Å². The number of hydrogen-bond donors (Lipinski definition) is 0. The van der Waals surface area contributed by atoms with Gasteiger partial charge in [0.1, 0.15) is 18.2 Å². The van der Waals surface area contributed by atoms with Gasteiger partial charge in [-0.05, 0) is 57.7 Å². The Morgan fingerprint density at radius 1 is 0.534 bits per heavy atom. The Labute approximate surface area is 321 Å². The predicted octanol–water partition coefficient (Wildman–Crippen LogP) is 10.1. The largest absolute Gasteiger partial charge is 0.252 e. The molecule has 2 aliphatic carbocycles. The summed E-state index contributed by atoms with van der Waals surface area (Å²) in [5, 5.41) is 41.2. The van der Waals surface area contributed by atoms with Gasteiger partial charge in [-0.15, -0.1) is 0 Å². The molecule has 274 valence electrons. The van der Waals surface area contributed by atoms with Crippen molar-refractivity contribution < 1.29 is 35.1 Å². The summed E-state index contributed by atoms with van der Waals surface area (Å²) in [6.45, 7) is 15.3. The number of allylic oxidation sites excluding steroid dienone is 7. The molecule has 2 aliphatic rings. The van der Waals surface area contributed by atoms with Crippen molar-refractivity contribution in [3.63, 3.8) is 0 Å². The highest BCUT2D eigenvalue weighted by Crippen LogP contribution is 2.56. The molecule has 16 heteroatoms. The number of halogens is 8. The monoisotopic (exact) mass is 778 g/mol. The van der Waals surface area contributed by atoms with Gasteiger partial charge < -0.3 is 0 Å². The first-order valence-electron chi connectivity index (χ1n) is 16.0. The SMILES string of the molecule is [C-]#[N+]/C(=C1\C(c2ccc([N+]#[C-])cc2)=C(C#N)c2cc3c(cc21)C(C#N)=C(c1ccc(C#N)cc1)/C3=C(\C#N)c1c(F)c(F)nc(F)c1F)c1c(F)c(F)nc(F)c1F. The van der Waals surface area contributed by atoms with E-state index < -0.39 is 80.6 Å². The van der Waals surface area contributed by atoms with Crippen LogP contribution in [0.5, 0.6) is 0 Å². The maximum atomic E-state index is 15.4. The van der Waals surface area contributed by atoms with Gasteiger partial charge in [-0.1, -0.05) is 36.4 Å². The van der Waals surface area contributed by atoms with E-state index in [2.05, 4.69) is 19.7 Å². The summed E-state index contributed by atoms with van der Waals surface area (Å²) in [5.41, 5.74) is -8.02. The van der Waals surface area contributed by atoms with Crippen molar-refractivity contribution in [2.45, 2.75) is 0 Å². The lowest BCUT2D eigenvalue weighted by Gasteiger charge is -2.15. The van der Waals surface area contributed by atoms with Crippen LogP contribution < -0.4 is 0 Å². The molecule has 5 aromatic rings. The molecule has 0 radical (unpaired) electrons. The van der Waals surface area contributed by atoms with Gasteiger partial charge in [0.2, 0.25) is 5.70 Å². The van der Waals surface area contributed by atoms with Gasteiger partial charge in [0, 0.05) is 22.3 Å². The van der Waals surface area contributed by atoms with E-state index in [0.29, 0.717) is 0 Å². The maximum absolute atomic E-state index is 15.4. The minimum atomic E-state index is -2.12. The van der Waals surface area contributed by atoms with Crippen LogP contribution in [0.3, 0.4) is 0 Å². The summed E-state index contributed by atoms with van der Waals surface area (Å²) in [7, 11) is 0. The summed E-state index contributed by atoms with van der Waals surface area (Å²) >= 11 is 0. The molecule has 2 heterocycles. The zero-order valence-electron chi connectivity index (χ0n) is 28.4. The van der Waals surface area contributed by atoms with E-state index in [-0.39, 0.29) is 66.9 Å². The molecule has 7 rings (SSSR count). The van der Waals surface area contributed by atoms with E-state index in [1.54, 1.807) is 6.07 Å². The molecular weight excluding hydrogens is 769 g/mol. The molecule has 0 bridgehead atoms. The Morgan fingerprint density at radius 3 is 1.38 bits per heavy atom. The molecule has 0 spiro atoms. The van der Waals surface area contributed by atoms with Crippen LogP contribution in [0.25, 0.3) is 54.4 Å². The molecule has 58 heavy (non-hydrogen) atoms. The second kappa shape index (κ2) is 14.2. The number of nitriles is 4. The van der Waals surface area contributed by atoms with E-state index in [9.17, 15) is 38.6 Å². The van der Waals surface area contributed by atoms with Gasteiger partial charge in [0.05, 0.1) is 52.6 Å². The fourth-order valence-electron chi connectivity index (χ4n) is 6.82. The standard InChI is InChI=1S/C42H10F8N8/c1-55-20-9-7-19(8-10-20)29-26(15-53)22-11-23-21(12-24(22)31(29)38(56-2)33-36(45)41(49)58-42(50)37(33)46)25(14-52)28(18-5-3-17(13-51)4-6-18)30(23)27(16-54)32-34(43)39(47)57-40(48)35(32)44/h3-12H/b30-27+,38-31-. The lowest BCUT2D eigenvalue weighted by molar-refractivity contribution is 0.404. The first-order chi connectivity index (χ1) is 27.8. The number of aromatic nitrogens is 2. The van der Waals surface area contributed by atoms with Crippen LogP contribution in [0.1, 0.15) is 50.1 Å². The van der Waals surface area contributed by atoms with Gasteiger partial charge in [0.25, 0.3) is 23.8 Å². The molecule has 0 fully saturated rings. The summed E-state index contributed by atoms with van der Waals surface area (Å²) in [6, 6.07) is 19.9. The molecule has 0 atom stereocenters. The zero-order valence-corrected chi connectivity index (χ0v) is 28.4. The Hall–Kier alpha value is -8.70. The zero-order chi connectivity index (χ0) is 41.7.